The Morgan fingerprint density at radius 1 is 1.09 bits per heavy atom. The van der Waals surface area contributed by atoms with Gasteiger partial charge in [0, 0.05) is 38.3 Å². The number of rotatable bonds is 4. The number of halogens is 3. The highest BCUT2D eigenvalue weighted by Gasteiger charge is 2.32. The van der Waals surface area contributed by atoms with Gasteiger partial charge in [0.15, 0.2) is 0 Å². The number of nitrogens with zero attached hydrogens (tertiary/aromatic N) is 1. The fourth-order valence-corrected chi connectivity index (χ4v) is 3.54. The molecule has 22 heavy (non-hydrogen) atoms. The Morgan fingerprint density at radius 3 is 2.64 bits per heavy atom. The smallest absolute Gasteiger partial charge is 0.0365 e. The van der Waals surface area contributed by atoms with Crippen LogP contribution in [0.25, 0.3) is 0 Å². The van der Waals surface area contributed by atoms with Crippen LogP contribution < -0.4 is 10.6 Å². The summed E-state index contributed by atoms with van der Waals surface area (Å²) in [6.45, 7) is 4.62. The van der Waals surface area contributed by atoms with Crippen molar-refractivity contribution in [2.24, 2.45) is 0 Å². The summed E-state index contributed by atoms with van der Waals surface area (Å²) in [4.78, 5) is 2.68. The summed E-state index contributed by atoms with van der Waals surface area (Å²) < 4.78 is 0. The van der Waals surface area contributed by atoms with Crippen molar-refractivity contribution in [3.8, 4) is 0 Å². The third-order valence-corrected chi connectivity index (χ3v) is 4.60. The number of fused-ring (bicyclic) bond motifs is 3. The zero-order valence-corrected chi connectivity index (χ0v) is 15.5. The van der Waals surface area contributed by atoms with Crippen molar-refractivity contribution in [1.82, 2.24) is 15.5 Å². The summed E-state index contributed by atoms with van der Waals surface area (Å²) in [5, 5.41) is 6.90. The predicted molar refractivity (Wildman–Crippen MR) is 101 cm³/mol. The standard InChI is InChI=1S/C16H25N3.3ClH/c1-17-8-9-18-14-7-11-19-10-6-13-4-2-3-5-15(13)16(19)12-14;;;/h2-5,14,16-18H,6-12H2,1H3;3*1H. The molecule has 0 spiro atoms. The zero-order valence-electron chi connectivity index (χ0n) is 13.1. The van der Waals surface area contributed by atoms with Crippen LogP contribution in [-0.4, -0.2) is 44.2 Å². The maximum absolute atomic E-state index is 3.70. The van der Waals surface area contributed by atoms with E-state index in [0.717, 1.165) is 13.1 Å². The molecule has 2 unspecified atom stereocenters. The van der Waals surface area contributed by atoms with Crippen molar-refractivity contribution in [2.75, 3.05) is 33.2 Å². The average Bonchev–Trinajstić information content (AvgIpc) is 2.47. The molecule has 2 atom stereocenters. The van der Waals surface area contributed by atoms with Crippen LogP contribution in [0.4, 0.5) is 0 Å². The normalized spacial score (nSPS) is 23.1. The molecule has 1 aromatic carbocycles. The Morgan fingerprint density at radius 2 is 1.86 bits per heavy atom. The first-order valence-electron chi connectivity index (χ1n) is 7.58. The van der Waals surface area contributed by atoms with Gasteiger partial charge < -0.3 is 10.6 Å². The van der Waals surface area contributed by atoms with Crippen LogP contribution in [-0.2, 0) is 6.42 Å². The second-order valence-corrected chi connectivity index (χ2v) is 5.78. The molecule has 3 rings (SSSR count). The first-order chi connectivity index (χ1) is 9.38. The number of nitrogens with one attached hydrogen (secondary N) is 2. The summed E-state index contributed by atoms with van der Waals surface area (Å²) in [6.07, 6.45) is 3.79. The fraction of sp³-hybridized carbons (Fsp3) is 0.625. The fourth-order valence-electron chi connectivity index (χ4n) is 3.54. The van der Waals surface area contributed by atoms with Crippen LogP contribution in [0.15, 0.2) is 24.3 Å². The first-order valence-corrected chi connectivity index (χ1v) is 7.58. The van der Waals surface area contributed by atoms with Gasteiger partial charge in [-0.05, 0) is 37.4 Å². The van der Waals surface area contributed by atoms with Crippen molar-refractivity contribution >= 4 is 37.2 Å². The monoisotopic (exact) mass is 367 g/mol. The second kappa shape index (κ2) is 10.7. The zero-order chi connectivity index (χ0) is 13.1. The minimum atomic E-state index is 0. The van der Waals surface area contributed by atoms with Crippen LogP contribution in [0.2, 0.25) is 0 Å². The van der Waals surface area contributed by atoms with Gasteiger partial charge in [0.1, 0.15) is 0 Å². The highest BCUT2D eigenvalue weighted by atomic mass is 35.5. The molecule has 0 saturated carbocycles. The molecule has 2 aliphatic heterocycles. The van der Waals surface area contributed by atoms with E-state index < -0.39 is 0 Å². The number of hydrogen-bond donors (Lipinski definition) is 2. The Kier molecular flexibility index (Phi) is 10.7. The summed E-state index contributed by atoms with van der Waals surface area (Å²) in [5.41, 5.74) is 3.15. The lowest BCUT2D eigenvalue weighted by molar-refractivity contribution is 0.116. The highest BCUT2D eigenvalue weighted by molar-refractivity contribution is 5.86. The van der Waals surface area contributed by atoms with E-state index in [-0.39, 0.29) is 37.2 Å². The molecule has 6 heteroatoms. The number of benzene rings is 1. The van der Waals surface area contributed by atoms with E-state index in [9.17, 15) is 0 Å². The van der Waals surface area contributed by atoms with Crippen molar-refractivity contribution in [3.63, 3.8) is 0 Å². The lowest BCUT2D eigenvalue weighted by atomic mass is 9.85. The molecule has 0 bridgehead atoms. The lowest BCUT2D eigenvalue weighted by Crippen LogP contribution is -2.47. The molecule has 0 radical (unpaired) electrons. The maximum Gasteiger partial charge on any atom is 0.0365 e. The summed E-state index contributed by atoms with van der Waals surface area (Å²) in [5.74, 6) is 0. The van der Waals surface area contributed by atoms with E-state index >= 15 is 0 Å². The number of likely N-dealkylation sites (N-methyl/N-ethyl adjacent to an activating group) is 1. The SMILES string of the molecule is CNCCNC1CCN2CCc3ccccc3C2C1.Cl.Cl.Cl. The Bertz CT molecular complexity index is 431. The summed E-state index contributed by atoms with van der Waals surface area (Å²) >= 11 is 0. The average molecular weight is 369 g/mol. The van der Waals surface area contributed by atoms with Crippen molar-refractivity contribution < 1.29 is 0 Å². The molecule has 2 heterocycles. The van der Waals surface area contributed by atoms with Gasteiger partial charge in [-0.25, -0.2) is 0 Å². The molecule has 2 N–H and O–H groups in total. The van der Waals surface area contributed by atoms with Gasteiger partial charge in [-0.2, -0.15) is 0 Å². The summed E-state index contributed by atoms with van der Waals surface area (Å²) in [6, 6.07) is 10.3. The molecule has 3 nitrogen and oxygen atoms in total. The van der Waals surface area contributed by atoms with E-state index in [1.54, 1.807) is 11.1 Å². The predicted octanol–water partition coefficient (Wildman–Crippen LogP) is 2.82. The van der Waals surface area contributed by atoms with Crippen LogP contribution in [0.5, 0.6) is 0 Å². The Hall–Kier alpha value is -0.0300. The van der Waals surface area contributed by atoms with Gasteiger partial charge in [-0.1, -0.05) is 24.3 Å². The molecule has 0 aliphatic carbocycles. The Labute approximate surface area is 152 Å². The van der Waals surface area contributed by atoms with Gasteiger partial charge in [0.25, 0.3) is 0 Å². The van der Waals surface area contributed by atoms with E-state index in [2.05, 4.69) is 39.8 Å². The van der Waals surface area contributed by atoms with E-state index in [0.29, 0.717) is 12.1 Å². The third kappa shape index (κ3) is 4.98. The number of hydrogen-bond acceptors (Lipinski definition) is 3. The highest BCUT2D eigenvalue weighted by Crippen LogP contribution is 2.36. The minimum Gasteiger partial charge on any atom is -0.318 e. The molecule has 128 valence electrons. The molecule has 1 aromatic rings. The van der Waals surface area contributed by atoms with Crippen molar-refractivity contribution in [3.05, 3.63) is 35.4 Å². The van der Waals surface area contributed by atoms with Crippen molar-refractivity contribution in [1.29, 1.82) is 0 Å². The molecule has 2 aliphatic rings. The first kappa shape index (κ1) is 22.0. The lowest BCUT2D eigenvalue weighted by Gasteiger charge is -2.43. The largest absolute Gasteiger partial charge is 0.318 e. The molecular weight excluding hydrogens is 341 g/mol. The van der Waals surface area contributed by atoms with E-state index in [1.807, 2.05) is 7.05 Å². The minimum absolute atomic E-state index is 0. The molecular formula is C16H28Cl3N3. The molecule has 1 saturated heterocycles. The Balaban J connectivity index is 0.00000147. The maximum atomic E-state index is 3.70. The molecule has 0 aromatic heterocycles. The van der Waals surface area contributed by atoms with E-state index in [1.165, 1.54) is 32.4 Å². The van der Waals surface area contributed by atoms with Crippen LogP contribution in [0.3, 0.4) is 0 Å². The van der Waals surface area contributed by atoms with Gasteiger partial charge in [-0.3, -0.25) is 4.90 Å². The van der Waals surface area contributed by atoms with Crippen LogP contribution in [0.1, 0.15) is 30.0 Å². The van der Waals surface area contributed by atoms with Gasteiger partial charge in [0.2, 0.25) is 0 Å². The number of piperidine rings is 1. The van der Waals surface area contributed by atoms with E-state index in [4.69, 9.17) is 0 Å². The topological polar surface area (TPSA) is 27.3 Å². The van der Waals surface area contributed by atoms with Gasteiger partial charge in [-0.15, -0.1) is 37.2 Å². The molecule has 1 fully saturated rings. The second-order valence-electron chi connectivity index (χ2n) is 5.78. The molecule has 0 amide bonds. The quantitative estimate of drug-likeness (QED) is 0.800. The third-order valence-electron chi connectivity index (χ3n) is 4.60. The van der Waals surface area contributed by atoms with Crippen LogP contribution in [0, 0.1) is 0 Å². The van der Waals surface area contributed by atoms with Gasteiger partial charge >= 0.3 is 0 Å². The van der Waals surface area contributed by atoms with Crippen LogP contribution >= 0.6 is 37.2 Å². The van der Waals surface area contributed by atoms with Gasteiger partial charge in [0.05, 0.1) is 0 Å². The summed E-state index contributed by atoms with van der Waals surface area (Å²) in [7, 11) is 2.02. The van der Waals surface area contributed by atoms with Crippen molar-refractivity contribution in [2.45, 2.75) is 31.3 Å².